The van der Waals surface area contributed by atoms with Crippen LogP contribution in [-0.2, 0) is 18.7 Å². The summed E-state index contributed by atoms with van der Waals surface area (Å²) in [6.07, 6.45) is 0.716. The van der Waals surface area contributed by atoms with Crippen LogP contribution in [-0.4, -0.2) is 22.9 Å². The predicted molar refractivity (Wildman–Crippen MR) is 168 cm³/mol. The first-order valence-electron chi connectivity index (χ1n) is 13.4. The van der Waals surface area contributed by atoms with Gasteiger partial charge in [-0.1, -0.05) is 126 Å². The zero-order valence-corrected chi connectivity index (χ0v) is 24.4. The molecule has 0 fully saturated rings. The third kappa shape index (κ3) is 8.19. The van der Waals surface area contributed by atoms with E-state index >= 15 is 0 Å². The van der Waals surface area contributed by atoms with Gasteiger partial charge in [0.05, 0.1) is 6.04 Å². The quantitative estimate of drug-likeness (QED) is 0.0985. The first-order valence-corrected chi connectivity index (χ1v) is 14.8. The van der Waals surface area contributed by atoms with E-state index in [9.17, 15) is 4.79 Å². The van der Waals surface area contributed by atoms with Crippen LogP contribution >= 0.6 is 23.4 Å². The number of benzene rings is 4. The molecular formula is C34H31ClN4OS. The molecule has 0 spiro atoms. The van der Waals surface area contributed by atoms with Crippen LogP contribution in [0.1, 0.15) is 38.7 Å². The van der Waals surface area contributed by atoms with E-state index in [4.69, 9.17) is 16.6 Å². The number of carbonyl (C=O) groups is 1. The van der Waals surface area contributed by atoms with Crippen LogP contribution in [0, 0.1) is 0 Å². The van der Waals surface area contributed by atoms with Crippen molar-refractivity contribution in [2.75, 3.05) is 11.9 Å². The molecule has 5 rings (SSSR count). The lowest BCUT2D eigenvalue weighted by Gasteiger charge is -2.20. The summed E-state index contributed by atoms with van der Waals surface area (Å²) in [4.78, 5) is 24.4. The van der Waals surface area contributed by atoms with Crippen molar-refractivity contribution in [3.63, 3.8) is 0 Å². The van der Waals surface area contributed by atoms with Crippen LogP contribution in [0.15, 0.2) is 126 Å². The minimum atomic E-state index is -0.129. The Balaban J connectivity index is 1.21. The minimum Gasteiger partial charge on any atom is -0.355 e. The van der Waals surface area contributed by atoms with Gasteiger partial charge in [0, 0.05) is 31.0 Å². The second-order valence-corrected chi connectivity index (χ2v) is 11.1. The summed E-state index contributed by atoms with van der Waals surface area (Å²) in [5, 5.41) is 4.25. The number of halogens is 1. The maximum absolute atomic E-state index is 13.2. The molecular weight excluding hydrogens is 548 g/mol. The zero-order chi connectivity index (χ0) is 28.4. The van der Waals surface area contributed by atoms with Gasteiger partial charge in [0.15, 0.2) is 5.16 Å². The normalized spacial score (nSPS) is 11.6. The van der Waals surface area contributed by atoms with Gasteiger partial charge in [-0.25, -0.2) is 9.97 Å². The Morgan fingerprint density at radius 3 is 2.07 bits per heavy atom. The SMILES string of the molecule is CN(Cc1ccccc1)c1cc(Cl)nc(SCc2ccc(C(=O)NC(Cc3ccccc3)c3ccccc3)cc2)n1. The second kappa shape index (κ2) is 14.0. The summed E-state index contributed by atoms with van der Waals surface area (Å²) in [5.74, 6) is 1.33. The molecule has 0 bridgehead atoms. The molecule has 1 heterocycles. The highest BCUT2D eigenvalue weighted by Crippen LogP contribution is 2.25. The molecule has 41 heavy (non-hydrogen) atoms. The Morgan fingerprint density at radius 2 is 1.41 bits per heavy atom. The predicted octanol–water partition coefficient (Wildman–Crippen LogP) is 7.77. The molecule has 1 amide bonds. The molecule has 1 N–H and O–H groups in total. The molecule has 0 aliphatic heterocycles. The number of aromatic nitrogens is 2. The minimum absolute atomic E-state index is 0.0988. The maximum atomic E-state index is 13.2. The number of hydrogen-bond donors (Lipinski definition) is 1. The van der Waals surface area contributed by atoms with Gasteiger partial charge in [0.25, 0.3) is 5.91 Å². The Bertz CT molecular complexity index is 1550. The van der Waals surface area contributed by atoms with E-state index in [1.165, 1.54) is 22.9 Å². The Hall–Kier alpha value is -4.13. The van der Waals surface area contributed by atoms with Gasteiger partial charge in [-0.05, 0) is 40.8 Å². The van der Waals surface area contributed by atoms with Crippen molar-refractivity contribution in [3.8, 4) is 0 Å². The first-order chi connectivity index (χ1) is 20.0. The summed E-state index contributed by atoms with van der Waals surface area (Å²) in [7, 11) is 1.99. The van der Waals surface area contributed by atoms with Crippen molar-refractivity contribution in [3.05, 3.63) is 154 Å². The topological polar surface area (TPSA) is 58.1 Å². The number of hydrogen-bond acceptors (Lipinski definition) is 5. The Morgan fingerprint density at radius 1 is 0.805 bits per heavy atom. The molecule has 0 saturated carbocycles. The third-order valence-corrected chi connectivity index (χ3v) is 7.80. The molecule has 1 atom stereocenters. The number of nitrogens with zero attached hydrogens (tertiary/aromatic N) is 3. The van der Waals surface area contributed by atoms with E-state index in [0.717, 1.165) is 23.5 Å². The average Bonchev–Trinajstić information content (AvgIpc) is 3.01. The van der Waals surface area contributed by atoms with Crippen LogP contribution in [0.25, 0.3) is 0 Å². The van der Waals surface area contributed by atoms with Gasteiger partial charge >= 0.3 is 0 Å². The monoisotopic (exact) mass is 578 g/mol. The average molecular weight is 579 g/mol. The number of anilines is 1. The van der Waals surface area contributed by atoms with Gasteiger partial charge in [-0.3, -0.25) is 4.79 Å². The molecule has 5 nitrogen and oxygen atoms in total. The molecule has 206 valence electrons. The van der Waals surface area contributed by atoms with Crippen LogP contribution in [0.4, 0.5) is 5.82 Å². The standard InChI is InChI=1S/C34H31ClN4OS/c1-39(23-26-13-7-3-8-14-26)32-22-31(35)37-34(38-32)41-24-27-17-19-29(20-18-27)33(40)36-30(28-15-9-4-10-16-28)21-25-11-5-2-6-12-25/h2-20,22,30H,21,23-24H2,1H3,(H,36,40). The lowest BCUT2D eigenvalue weighted by Crippen LogP contribution is -2.30. The molecule has 1 aromatic heterocycles. The summed E-state index contributed by atoms with van der Waals surface area (Å²) < 4.78 is 0. The van der Waals surface area contributed by atoms with Crippen molar-refractivity contribution in [2.24, 2.45) is 0 Å². The number of carbonyl (C=O) groups excluding carboxylic acids is 1. The largest absolute Gasteiger partial charge is 0.355 e. The number of amides is 1. The molecule has 5 aromatic rings. The van der Waals surface area contributed by atoms with Gasteiger partial charge in [0.1, 0.15) is 11.0 Å². The van der Waals surface area contributed by atoms with E-state index in [2.05, 4.69) is 51.6 Å². The fraction of sp³-hybridized carbons (Fsp3) is 0.147. The second-order valence-electron chi connectivity index (χ2n) is 9.79. The number of rotatable bonds is 11. The van der Waals surface area contributed by atoms with Crippen molar-refractivity contribution in [1.29, 1.82) is 0 Å². The highest BCUT2D eigenvalue weighted by atomic mass is 35.5. The van der Waals surface area contributed by atoms with Crippen LogP contribution in [0.5, 0.6) is 0 Å². The molecule has 0 saturated heterocycles. The first kappa shape index (κ1) is 28.4. The Labute approximate surface area is 250 Å². The fourth-order valence-corrected chi connectivity index (χ4v) is 5.55. The van der Waals surface area contributed by atoms with E-state index in [1.54, 1.807) is 6.07 Å². The highest BCUT2D eigenvalue weighted by molar-refractivity contribution is 7.98. The van der Waals surface area contributed by atoms with Crippen molar-refractivity contribution < 1.29 is 4.79 Å². The van der Waals surface area contributed by atoms with Crippen LogP contribution < -0.4 is 10.2 Å². The van der Waals surface area contributed by atoms with Crippen molar-refractivity contribution in [1.82, 2.24) is 15.3 Å². The molecule has 4 aromatic carbocycles. The fourth-order valence-electron chi connectivity index (χ4n) is 4.51. The van der Waals surface area contributed by atoms with Crippen molar-refractivity contribution >= 4 is 35.1 Å². The number of thioether (sulfide) groups is 1. The van der Waals surface area contributed by atoms with E-state index in [1.807, 2.05) is 85.9 Å². The zero-order valence-electron chi connectivity index (χ0n) is 22.8. The van der Waals surface area contributed by atoms with Crippen LogP contribution in [0.2, 0.25) is 5.15 Å². The molecule has 0 aliphatic carbocycles. The summed E-state index contributed by atoms with van der Waals surface area (Å²) in [6.45, 7) is 0.721. The molecule has 0 radical (unpaired) electrons. The lowest BCUT2D eigenvalue weighted by molar-refractivity contribution is 0.0936. The maximum Gasteiger partial charge on any atom is 0.251 e. The molecule has 0 aliphatic rings. The summed E-state index contributed by atoms with van der Waals surface area (Å²) >= 11 is 7.85. The Kier molecular flexibility index (Phi) is 9.68. The van der Waals surface area contributed by atoms with Crippen molar-refractivity contribution in [2.45, 2.75) is 29.9 Å². The van der Waals surface area contributed by atoms with Gasteiger partial charge in [-0.15, -0.1) is 0 Å². The summed E-state index contributed by atoms with van der Waals surface area (Å²) in [5.41, 5.74) is 5.13. The van der Waals surface area contributed by atoms with E-state index in [-0.39, 0.29) is 11.9 Å². The van der Waals surface area contributed by atoms with E-state index in [0.29, 0.717) is 28.0 Å². The molecule has 7 heteroatoms. The van der Waals surface area contributed by atoms with Crippen LogP contribution in [0.3, 0.4) is 0 Å². The lowest BCUT2D eigenvalue weighted by atomic mass is 9.98. The third-order valence-electron chi connectivity index (χ3n) is 6.69. The van der Waals surface area contributed by atoms with Gasteiger partial charge < -0.3 is 10.2 Å². The van der Waals surface area contributed by atoms with E-state index < -0.39 is 0 Å². The van der Waals surface area contributed by atoms with Gasteiger partial charge in [0.2, 0.25) is 0 Å². The molecule has 1 unspecified atom stereocenters. The summed E-state index contributed by atoms with van der Waals surface area (Å²) in [6, 6.07) is 39.9. The smallest absolute Gasteiger partial charge is 0.251 e. The van der Waals surface area contributed by atoms with Gasteiger partial charge in [-0.2, -0.15) is 0 Å². The number of nitrogens with one attached hydrogen (secondary N) is 1. The highest BCUT2D eigenvalue weighted by Gasteiger charge is 2.17.